The van der Waals surface area contributed by atoms with E-state index in [1.807, 2.05) is 13.0 Å². The lowest BCUT2D eigenvalue weighted by molar-refractivity contribution is -0.385. The molecule has 0 spiro atoms. The van der Waals surface area contributed by atoms with Crippen molar-refractivity contribution in [3.05, 3.63) is 73.2 Å². The maximum atomic E-state index is 13.2. The van der Waals surface area contributed by atoms with E-state index in [-0.39, 0.29) is 22.9 Å². The molecule has 3 aromatic rings. The zero-order chi connectivity index (χ0) is 25.0. The summed E-state index contributed by atoms with van der Waals surface area (Å²) < 4.78 is 1.13. The summed E-state index contributed by atoms with van der Waals surface area (Å²) in [6.45, 7) is 4.76. The normalized spacial score (nSPS) is 20.2. The molecule has 11 nitrogen and oxygen atoms in total. The van der Waals surface area contributed by atoms with Gasteiger partial charge >= 0.3 is 11.2 Å². The smallest absolute Gasteiger partial charge is 0.339 e. The first-order valence-electron chi connectivity index (χ1n) is 11.4. The highest BCUT2D eigenvalue weighted by Gasteiger charge is 2.41. The summed E-state index contributed by atoms with van der Waals surface area (Å²) >= 11 is 0. The van der Waals surface area contributed by atoms with E-state index in [1.165, 1.54) is 12.4 Å². The molecule has 2 unspecified atom stereocenters. The molecule has 11 heteroatoms. The Hall–Kier alpha value is -4.17. The first kappa shape index (κ1) is 24.0. The highest BCUT2D eigenvalue weighted by atomic mass is 16.6. The van der Waals surface area contributed by atoms with Crippen LogP contribution < -0.4 is 21.6 Å². The number of hydrogen-bond donors (Lipinski definition) is 3. The van der Waals surface area contributed by atoms with Gasteiger partial charge in [0.1, 0.15) is 0 Å². The quantitative estimate of drug-likeness (QED) is 0.268. The van der Waals surface area contributed by atoms with Crippen molar-refractivity contribution in [2.75, 3.05) is 18.1 Å². The Kier molecular flexibility index (Phi) is 6.84. The van der Waals surface area contributed by atoms with E-state index in [1.54, 1.807) is 36.2 Å². The molecule has 0 amide bonds. The highest BCUT2D eigenvalue weighted by molar-refractivity contribution is 5.67. The van der Waals surface area contributed by atoms with Gasteiger partial charge in [-0.25, -0.2) is 9.78 Å². The van der Waals surface area contributed by atoms with Gasteiger partial charge in [0.05, 0.1) is 29.4 Å². The van der Waals surface area contributed by atoms with Gasteiger partial charge in [-0.1, -0.05) is 30.2 Å². The molecule has 0 saturated carbocycles. The van der Waals surface area contributed by atoms with E-state index in [9.17, 15) is 19.7 Å². The Morgan fingerprint density at radius 1 is 1.37 bits per heavy atom. The van der Waals surface area contributed by atoms with E-state index in [4.69, 9.17) is 0 Å². The van der Waals surface area contributed by atoms with E-state index < -0.39 is 21.7 Å². The summed E-state index contributed by atoms with van der Waals surface area (Å²) in [4.78, 5) is 46.6. The van der Waals surface area contributed by atoms with Crippen molar-refractivity contribution in [2.45, 2.75) is 44.7 Å². The molecular weight excluding hydrogens is 450 g/mol. The number of imidazole rings is 1. The third kappa shape index (κ3) is 4.74. The molecular formula is C24H27N7O4. The molecule has 1 fully saturated rings. The van der Waals surface area contributed by atoms with Gasteiger partial charge in [-0.15, -0.1) is 5.92 Å². The molecule has 182 valence electrons. The first-order chi connectivity index (χ1) is 16.9. The molecule has 0 bridgehead atoms. The summed E-state index contributed by atoms with van der Waals surface area (Å²) in [6, 6.07) is 6.20. The number of aromatic nitrogens is 4. The van der Waals surface area contributed by atoms with Crippen LogP contribution in [-0.2, 0) is 0 Å². The maximum Gasteiger partial charge on any atom is 0.349 e. The molecule has 0 aliphatic carbocycles. The van der Waals surface area contributed by atoms with Gasteiger partial charge < -0.3 is 9.99 Å². The van der Waals surface area contributed by atoms with Crippen molar-refractivity contribution in [3.63, 3.8) is 0 Å². The monoisotopic (exact) mass is 477 g/mol. The van der Waals surface area contributed by atoms with Crippen molar-refractivity contribution in [1.29, 1.82) is 0 Å². The average Bonchev–Trinajstić information content (AvgIpc) is 3.30. The fourth-order valence-corrected chi connectivity index (χ4v) is 4.68. The van der Waals surface area contributed by atoms with Crippen LogP contribution in [0.1, 0.15) is 38.7 Å². The minimum atomic E-state index is -0.570. The van der Waals surface area contributed by atoms with Crippen molar-refractivity contribution in [1.82, 2.24) is 24.9 Å². The van der Waals surface area contributed by atoms with Crippen LogP contribution in [0.2, 0.25) is 0 Å². The fourth-order valence-electron chi connectivity index (χ4n) is 4.68. The van der Waals surface area contributed by atoms with Gasteiger partial charge in [-0.2, -0.15) is 4.68 Å². The number of nitrogens with one attached hydrogen (secondary N) is 3. The second-order valence-electron chi connectivity index (χ2n) is 8.61. The second-order valence-corrected chi connectivity index (χ2v) is 8.61. The number of nitrogens with zero attached hydrogens (tertiary/aromatic N) is 4. The summed E-state index contributed by atoms with van der Waals surface area (Å²) in [5.41, 5.74) is -0.604. The van der Waals surface area contributed by atoms with Gasteiger partial charge in [0.2, 0.25) is 0 Å². The Morgan fingerprint density at radius 2 is 2.17 bits per heavy atom. The fraction of sp³-hybridized carbons (Fsp3) is 0.375. The minimum absolute atomic E-state index is 0.0146. The van der Waals surface area contributed by atoms with Crippen LogP contribution >= 0.6 is 0 Å². The molecule has 35 heavy (non-hydrogen) atoms. The van der Waals surface area contributed by atoms with Crippen LogP contribution in [0, 0.1) is 22.0 Å². The van der Waals surface area contributed by atoms with Gasteiger partial charge in [0, 0.05) is 18.2 Å². The number of aromatic amines is 2. The summed E-state index contributed by atoms with van der Waals surface area (Å²) in [6.07, 6.45) is 6.91. The first-order valence-corrected chi connectivity index (χ1v) is 11.4. The number of H-pyrrole nitrogens is 2. The number of benzene rings is 1. The second kappa shape index (κ2) is 9.99. The minimum Gasteiger partial charge on any atom is -0.339 e. The molecule has 1 aliphatic rings. The molecule has 3 heterocycles. The lowest BCUT2D eigenvalue weighted by Gasteiger charge is -2.49. The summed E-state index contributed by atoms with van der Waals surface area (Å²) in [5, 5.41) is 16.7. The van der Waals surface area contributed by atoms with Crippen LogP contribution in [0.5, 0.6) is 0 Å². The topological polar surface area (TPSA) is 142 Å². The molecule has 2 atom stereocenters. The van der Waals surface area contributed by atoms with Gasteiger partial charge in [0.25, 0.3) is 5.69 Å². The molecule has 0 radical (unpaired) electrons. The van der Waals surface area contributed by atoms with E-state index in [2.05, 4.69) is 32.1 Å². The van der Waals surface area contributed by atoms with Gasteiger partial charge in [-0.3, -0.25) is 25.2 Å². The standard InChI is InChI=1S/C24H27N7O4/c1-3-4-14-27-24(2)13-8-15-29(30-22(32)20-21(26-16-25-20)28-23(30)33)19(24)12-7-10-17-9-5-6-11-18(17)31(34)35/h5-7,9-11,16,19,27H,8,12-15H2,1-2H3,(H,25,26)(H,28,33)/b10-7+. The van der Waals surface area contributed by atoms with Crippen LogP contribution in [-0.4, -0.2) is 49.2 Å². The lowest BCUT2D eigenvalue weighted by atomic mass is 9.81. The van der Waals surface area contributed by atoms with Crippen LogP contribution in [0.25, 0.3) is 17.2 Å². The molecule has 1 aromatic carbocycles. The van der Waals surface area contributed by atoms with E-state index in [0.29, 0.717) is 25.1 Å². The number of nitro groups is 1. The van der Waals surface area contributed by atoms with Crippen molar-refractivity contribution in [2.24, 2.45) is 0 Å². The third-order valence-electron chi connectivity index (χ3n) is 6.45. The highest BCUT2D eigenvalue weighted by Crippen LogP contribution is 2.29. The number of fused-ring (bicyclic) bond motifs is 1. The lowest BCUT2D eigenvalue weighted by Crippen LogP contribution is -2.68. The Labute approximate surface area is 201 Å². The molecule has 3 N–H and O–H groups in total. The predicted octanol–water partition coefficient (Wildman–Crippen LogP) is 1.90. The SMILES string of the molecule is CC#CCNC1(C)CCCN(n2c(=O)[nH]c3nc[nH]c3c2=O)C1C/C=C/c1ccccc1[N+](=O)[O-]. The number of hydrogen-bond acceptors (Lipinski definition) is 7. The van der Waals surface area contributed by atoms with Gasteiger partial charge in [-0.05, 0) is 39.2 Å². The summed E-state index contributed by atoms with van der Waals surface area (Å²) in [5.74, 6) is 5.89. The summed E-state index contributed by atoms with van der Waals surface area (Å²) in [7, 11) is 0. The third-order valence-corrected chi connectivity index (χ3v) is 6.45. The maximum absolute atomic E-state index is 13.2. The van der Waals surface area contributed by atoms with E-state index >= 15 is 0 Å². The van der Waals surface area contributed by atoms with Gasteiger partial charge in [0.15, 0.2) is 11.2 Å². The zero-order valence-electron chi connectivity index (χ0n) is 19.6. The van der Waals surface area contributed by atoms with Crippen LogP contribution in [0.15, 0.2) is 46.3 Å². The van der Waals surface area contributed by atoms with Crippen molar-refractivity contribution >= 4 is 22.9 Å². The largest absolute Gasteiger partial charge is 0.349 e. The van der Waals surface area contributed by atoms with Crippen LogP contribution in [0.3, 0.4) is 0 Å². The molecule has 2 aromatic heterocycles. The average molecular weight is 478 g/mol. The zero-order valence-corrected chi connectivity index (χ0v) is 19.6. The molecule has 4 rings (SSSR count). The number of piperidine rings is 1. The molecule has 1 aliphatic heterocycles. The Bertz CT molecular complexity index is 1440. The number of nitro benzene ring substituents is 1. The number of para-hydroxylation sites is 1. The number of rotatable bonds is 7. The van der Waals surface area contributed by atoms with Crippen molar-refractivity contribution < 1.29 is 4.92 Å². The van der Waals surface area contributed by atoms with Crippen molar-refractivity contribution in [3.8, 4) is 11.8 Å². The Morgan fingerprint density at radius 3 is 2.94 bits per heavy atom. The molecule has 1 saturated heterocycles. The Balaban J connectivity index is 1.74. The predicted molar refractivity (Wildman–Crippen MR) is 134 cm³/mol. The van der Waals surface area contributed by atoms with E-state index in [0.717, 1.165) is 17.5 Å². The van der Waals surface area contributed by atoms with Crippen LogP contribution in [0.4, 0.5) is 5.69 Å².